The molecule has 0 bridgehead atoms. The molecule has 5 nitrogen and oxygen atoms in total. The van der Waals surface area contributed by atoms with Crippen LogP contribution >= 0.6 is 0 Å². The molecule has 2 aliphatic rings. The third kappa shape index (κ3) is 2.33. The van der Waals surface area contributed by atoms with E-state index >= 15 is 0 Å². The Morgan fingerprint density at radius 3 is 3.00 bits per heavy atom. The predicted octanol–water partition coefficient (Wildman–Crippen LogP) is 2.29. The van der Waals surface area contributed by atoms with Crippen LogP contribution in [0.1, 0.15) is 32.6 Å². The predicted molar refractivity (Wildman–Crippen MR) is 77.8 cm³/mol. The van der Waals surface area contributed by atoms with Crippen molar-refractivity contribution in [2.75, 3.05) is 25.6 Å². The number of methoxy groups -OCH3 is 1. The monoisotopic (exact) mass is 279 g/mol. The molecule has 0 radical (unpaired) electrons. The maximum atomic E-state index is 5.88. The molecule has 112 valence electrons. The van der Waals surface area contributed by atoms with Crippen molar-refractivity contribution in [1.29, 1.82) is 0 Å². The van der Waals surface area contributed by atoms with E-state index in [0.717, 1.165) is 25.3 Å². The molecule has 2 aliphatic carbocycles. The van der Waals surface area contributed by atoms with Gasteiger partial charge in [0.1, 0.15) is 0 Å². The Labute approximate surface area is 120 Å². The van der Waals surface area contributed by atoms with Crippen LogP contribution in [0.15, 0.2) is 12.4 Å². The zero-order chi connectivity index (χ0) is 14.0. The lowest BCUT2D eigenvalue weighted by atomic mass is 9.51. The maximum absolute atomic E-state index is 5.88. The highest BCUT2D eigenvalue weighted by atomic mass is 16.5. The van der Waals surface area contributed by atoms with E-state index in [1.807, 2.05) is 10.9 Å². The Kier molecular flexibility index (Phi) is 3.98. The first kappa shape index (κ1) is 13.9. The Morgan fingerprint density at radius 1 is 1.50 bits per heavy atom. The van der Waals surface area contributed by atoms with Gasteiger partial charge in [-0.1, -0.05) is 6.42 Å². The van der Waals surface area contributed by atoms with E-state index < -0.39 is 0 Å². The van der Waals surface area contributed by atoms with Crippen LogP contribution in [0, 0.1) is 5.41 Å². The summed E-state index contributed by atoms with van der Waals surface area (Å²) in [6.07, 6.45) is 9.50. The Morgan fingerprint density at radius 2 is 2.35 bits per heavy atom. The van der Waals surface area contributed by atoms with Crippen LogP contribution in [0.4, 0.5) is 5.69 Å². The quantitative estimate of drug-likeness (QED) is 0.832. The van der Waals surface area contributed by atoms with E-state index in [4.69, 9.17) is 9.47 Å². The minimum Gasteiger partial charge on any atom is -0.383 e. The Bertz CT molecular complexity index is 442. The standard InChI is InChI=1S/C15H25N3O2/c1-3-20-14-9-13(15(14)5-4-6-15)17-12-10-16-18(11-12)7-8-19-2/h10-11,13-14,17H,3-9H2,1-2H3. The molecule has 2 atom stereocenters. The van der Waals surface area contributed by atoms with E-state index in [9.17, 15) is 0 Å². The second kappa shape index (κ2) is 5.74. The van der Waals surface area contributed by atoms with E-state index in [0.29, 0.717) is 24.2 Å². The molecule has 2 unspecified atom stereocenters. The van der Waals surface area contributed by atoms with Crippen LogP contribution in [0.3, 0.4) is 0 Å². The summed E-state index contributed by atoms with van der Waals surface area (Å²) in [4.78, 5) is 0. The molecule has 20 heavy (non-hydrogen) atoms. The molecule has 1 N–H and O–H groups in total. The van der Waals surface area contributed by atoms with Gasteiger partial charge in [-0.05, 0) is 26.2 Å². The topological polar surface area (TPSA) is 48.3 Å². The van der Waals surface area contributed by atoms with Gasteiger partial charge in [0.25, 0.3) is 0 Å². The van der Waals surface area contributed by atoms with Crippen LogP contribution in [0.2, 0.25) is 0 Å². The fourth-order valence-corrected chi connectivity index (χ4v) is 3.59. The van der Waals surface area contributed by atoms with E-state index in [-0.39, 0.29) is 0 Å². The van der Waals surface area contributed by atoms with Gasteiger partial charge in [0.15, 0.2) is 0 Å². The first-order valence-electron chi connectivity index (χ1n) is 7.68. The van der Waals surface area contributed by atoms with Gasteiger partial charge in [0, 0.05) is 31.4 Å². The van der Waals surface area contributed by atoms with E-state index in [1.54, 1.807) is 7.11 Å². The van der Waals surface area contributed by atoms with Crippen molar-refractivity contribution in [1.82, 2.24) is 9.78 Å². The maximum Gasteiger partial charge on any atom is 0.0728 e. The molecule has 1 heterocycles. The number of hydrogen-bond donors (Lipinski definition) is 1. The van der Waals surface area contributed by atoms with Crippen LogP contribution in [-0.2, 0) is 16.0 Å². The molecule has 3 rings (SSSR count). The highest BCUT2D eigenvalue weighted by molar-refractivity contribution is 5.42. The Hall–Kier alpha value is -1.07. The highest BCUT2D eigenvalue weighted by Gasteiger charge is 2.58. The van der Waals surface area contributed by atoms with Crippen LogP contribution in [0.25, 0.3) is 0 Å². The minimum atomic E-state index is 0.393. The summed E-state index contributed by atoms with van der Waals surface area (Å²) >= 11 is 0. The molecule has 0 aromatic carbocycles. The van der Waals surface area contributed by atoms with Gasteiger partial charge in [-0.15, -0.1) is 0 Å². The van der Waals surface area contributed by atoms with Crippen LogP contribution < -0.4 is 5.32 Å². The molecule has 2 saturated carbocycles. The molecular weight excluding hydrogens is 254 g/mol. The number of hydrogen-bond acceptors (Lipinski definition) is 4. The lowest BCUT2D eigenvalue weighted by molar-refractivity contribution is -0.157. The van der Waals surface area contributed by atoms with Crippen molar-refractivity contribution in [3.63, 3.8) is 0 Å². The smallest absolute Gasteiger partial charge is 0.0728 e. The molecule has 2 fully saturated rings. The lowest BCUT2D eigenvalue weighted by Gasteiger charge is -2.61. The van der Waals surface area contributed by atoms with E-state index in [2.05, 4.69) is 23.5 Å². The second-order valence-corrected chi connectivity index (χ2v) is 5.95. The summed E-state index contributed by atoms with van der Waals surface area (Å²) < 4.78 is 12.9. The molecule has 1 spiro atoms. The fraction of sp³-hybridized carbons (Fsp3) is 0.800. The molecule has 0 aliphatic heterocycles. The Balaban J connectivity index is 1.57. The molecular formula is C15H25N3O2. The number of nitrogens with zero attached hydrogens (tertiary/aromatic N) is 2. The van der Waals surface area contributed by atoms with Crippen molar-refractivity contribution in [3.8, 4) is 0 Å². The second-order valence-electron chi connectivity index (χ2n) is 5.95. The fourth-order valence-electron chi connectivity index (χ4n) is 3.59. The van der Waals surface area contributed by atoms with Crippen molar-refractivity contribution in [3.05, 3.63) is 12.4 Å². The zero-order valence-electron chi connectivity index (χ0n) is 12.5. The summed E-state index contributed by atoms with van der Waals surface area (Å²) in [7, 11) is 1.71. The van der Waals surface area contributed by atoms with Gasteiger partial charge in [-0.3, -0.25) is 4.68 Å². The van der Waals surface area contributed by atoms with Crippen molar-refractivity contribution in [2.45, 2.75) is 51.3 Å². The van der Waals surface area contributed by atoms with Gasteiger partial charge in [0.05, 0.1) is 31.1 Å². The summed E-state index contributed by atoms with van der Waals surface area (Å²) in [6, 6.07) is 0.549. The normalized spacial score (nSPS) is 27.1. The summed E-state index contributed by atoms with van der Waals surface area (Å²) in [5, 5.41) is 8.01. The number of rotatable bonds is 7. The average molecular weight is 279 g/mol. The summed E-state index contributed by atoms with van der Waals surface area (Å²) in [5.74, 6) is 0. The SMILES string of the molecule is CCOC1CC(Nc2cnn(CCOC)c2)C12CCC2. The molecule has 0 saturated heterocycles. The molecule has 1 aromatic heterocycles. The third-order valence-corrected chi connectivity index (χ3v) is 4.94. The largest absolute Gasteiger partial charge is 0.383 e. The summed E-state index contributed by atoms with van der Waals surface area (Å²) in [5.41, 5.74) is 1.51. The zero-order valence-corrected chi connectivity index (χ0v) is 12.5. The number of aromatic nitrogens is 2. The van der Waals surface area contributed by atoms with Crippen molar-refractivity contribution >= 4 is 5.69 Å². The van der Waals surface area contributed by atoms with Gasteiger partial charge in [0.2, 0.25) is 0 Å². The highest BCUT2D eigenvalue weighted by Crippen LogP contribution is 2.58. The van der Waals surface area contributed by atoms with Gasteiger partial charge >= 0.3 is 0 Å². The first-order valence-corrected chi connectivity index (χ1v) is 7.68. The third-order valence-electron chi connectivity index (χ3n) is 4.94. The number of nitrogens with one attached hydrogen (secondary N) is 1. The molecule has 1 aromatic rings. The van der Waals surface area contributed by atoms with Crippen LogP contribution in [0.5, 0.6) is 0 Å². The summed E-state index contributed by atoms with van der Waals surface area (Å²) in [6.45, 7) is 4.41. The number of anilines is 1. The molecule has 0 amide bonds. The number of ether oxygens (including phenoxy) is 2. The van der Waals surface area contributed by atoms with Crippen LogP contribution in [-0.4, -0.2) is 42.2 Å². The van der Waals surface area contributed by atoms with E-state index in [1.165, 1.54) is 19.3 Å². The van der Waals surface area contributed by atoms with Gasteiger partial charge < -0.3 is 14.8 Å². The first-order chi connectivity index (χ1) is 9.78. The van der Waals surface area contributed by atoms with Crippen molar-refractivity contribution < 1.29 is 9.47 Å². The van der Waals surface area contributed by atoms with Gasteiger partial charge in [-0.2, -0.15) is 5.10 Å². The average Bonchev–Trinajstić information content (AvgIpc) is 2.81. The minimum absolute atomic E-state index is 0.393. The van der Waals surface area contributed by atoms with Crippen molar-refractivity contribution in [2.24, 2.45) is 5.41 Å². The molecule has 5 heteroatoms. The van der Waals surface area contributed by atoms with Gasteiger partial charge in [-0.25, -0.2) is 0 Å². The lowest BCUT2D eigenvalue weighted by Crippen LogP contribution is -2.64.